The van der Waals surface area contributed by atoms with E-state index in [2.05, 4.69) is 69.2 Å². The minimum absolute atomic E-state index is 0.0103. The first-order chi connectivity index (χ1) is 27.9. The lowest BCUT2D eigenvalue weighted by Gasteiger charge is -2.65. The molecule has 0 radical (unpaired) electrons. The third-order valence-corrected chi connectivity index (χ3v) is 23.1. The number of ether oxygens (including phenoxy) is 3. The van der Waals surface area contributed by atoms with Crippen LogP contribution >= 0.6 is 0 Å². The zero-order valence-corrected chi connectivity index (χ0v) is 39.7. The molecule has 8 saturated carbocycles. The summed E-state index contributed by atoms with van der Waals surface area (Å²) in [6.07, 6.45) is 22.8. The zero-order valence-electron chi connectivity index (χ0n) is 39.7. The van der Waals surface area contributed by atoms with Crippen LogP contribution in [0.4, 0.5) is 0 Å². The summed E-state index contributed by atoms with van der Waals surface area (Å²) < 4.78 is 23.8. The van der Waals surface area contributed by atoms with Crippen LogP contribution < -0.4 is 0 Å². The van der Waals surface area contributed by atoms with Crippen LogP contribution in [0.3, 0.4) is 0 Å². The molecular weight excluding hydrogens is 729 g/mol. The van der Waals surface area contributed by atoms with Crippen molar-refractivity contribution in [1.82, 2.24) is 0 Å². The van der Waals surface area contributed by atoms with E-state index >= 15 is 0 Å². The maximum Gasteiger partial charge on any atom is 0.167 e. The maximum atomic E-state index is 11.8. The SMILES string of the molecule is CC(C)CCC[C@@H](C)[C@H]1CC[C@H]2[C@@H]3[C@H]4[C@H]5O[C@@H](O[C@]46C[C@@H](O)CC[C@]6(C)[C@H]3CC[C@]12C)[C@@H]1[C@H]2[C@@H]3CC[C@H]([C@H](C)CCCC(C)C)[C@@]3(C)CC[C@@H]2[C@@]2(C)CC[C@H](O)C[C@@]12O5. The van der Waals surface area contributed by atoms with E-state index in [1.54, 1.807) is 0 Å². The van der Waals surface area contributed by atoms with Gasteiger partial charge in [-0.1, -0.05) is 108 Å². The largest absolute Gasteiger partial charge is 0.393 e. The van der Waals surface area contributed by atoms with Crippen molar-refractivity contribution in [2.75, 3.05) is 0 Å². The fourth-order valence-corrected chi connectivity index (χ4v) is 20.6. The van der Waals surface area contributed by atoms with E-state index in [0.29, 0.717) is 46.3 Å². The lowest BCUT2D eigenvalue weighted by molar-refractivity contribution is -0.467. The lowest BCUT2D eigenvalue weighted by atomic mass is 9.53. The Morgan fingerprint density at radius 2 is 0.898 bits per heavy atom. The summed E-state index contributed by atoms with van der Waals surface area (Å²) in [5, 5.41) is 23.7. The van der Waals surface area contributed by atoms with Crippen molar-refractivity contribution in [2.45, 2.75) is 234 Å². The molecule has 336 valence electrons. The Balaban J connectivity index is 1.02. The normalized spacial score (nSPS) is 56.6. The summed E-state index contributed by atoms with van der Waals surface area (Å²) >= 11 is 0. The van der Waals surface area contributed by atoms with E-state index in [9.17, 15) is 10.2 Å². The molecular formula is C54H90O5. The number of rotatable bonds is 10. The summed E-state index contributed by atoms with van der Waals surface area (Å²) in [7, 11) is 0. The van der Waals surface area contributed by atoms with Gasteiger partial charge in [0.05, 0.1) is 23.4 Å². The van der Waals surface area contributed by atoms with Crippen molar-refractivity contribution in [2.24, 2.45) is 105 Å². The molecule has 59 heavy (non-hydrogen) atoms. The van der Waals surface area contributed by atoms with Gasteiger partial charge in [-0.25, -0.2) is 0 Å². The van der Waals surface area contributed by atoms with Crippen molar-refractivity contribution in [3.63, 3.8) is 0 Å². The molecule has 0 amide bonds. The van der Waals surface area contributed by atoms with Crippen LogP contribution in [0.5, 0.6) is 0 Å². The van der Waals surface area contributed by atoms with Crippen molar-refractivity contribution in [3.05, 3.63) is 0 Å². The Bertz CT molecular complexity index is 1450. The number of fused-ring (bicyclic) bond motifs is 14. The smallest absolute Gasteiger partial charge is 0.167 e. The molecule has 22 atom stereocenters. The van der Waals surface area contributed by atoms with Gasteiger partial charge >= 0.3 is 0 Å². The van der Waals surface area contributed by atoms with Crippen LogP contribution in [0.2, 0.25) is 0 Å². The van der Waals surface area contributed by atoms with Crippen molar-refractivity contribution in [1.29, 1.82) is 0 Å². The van der Waals surface area contributed by atoms with Crippen LogP contribution in [0, 0.1) is 105 Å². The Hall–Kier alpha value is -0.200. The molecule has 0 aromatic carbocycles. The van der Waals surface area contributed by atoms with Crippen LogP contribution in [-0.2, 0) is 14.2 Å². The Kier molecular flexibility index (Phi) is 10.6. The fourth-order valence-electron chi connectivity index (χ4n) is 20.6. The molecule has 10 rings (SSSR count). The summed E-state index contributed by atoms with van der Waals surface area (Å²) in [5.41, 5.74) is -0.162. The fraction of sp³-hybridized carbons (Fsp3) is 1.00. The maximum absolute atomic E-state index is 11.8. The van der Waals surface area contributed by atoms with E-state index in [-0.39, 0.29) is 47.5 Å². The molecule has 8 aliphatic carbocycles. The number of hydrogen-bond acceptors (Lipinski definition) is 5. The molecule has 0 aromatic heterocycles. The van der Waals surface area contributed by atoms with Crippen LogP contribution in [0.15, 0.2) is 0 Å². The van der Waals surface area contributed by atoms with Gasteiger partial charge in [-0.05, 0) is 159 Å². The van der Waals surface area contributed by atoms with Gasteiger partial charge in [-0.2, -0.15) is 0 Å². The van der Waals surface area contributed by atoms with Gasteiger partial charge in [0.15, 0.2) is 12.6 Å². The predicted octanol–water partition coefficient (Wildman–Crippen LogP) is 12.6. The van der Waals surface area contributed by atoms with E-state index in [0.717, 1.165) is 74.0 Å². The second-order valence-electron chi connectivity index (χ2n) is 26.2. The van der Waals surface area contributed by atoms with Gasteiger partial charge in [0.1, 0.15) is 0 Å². The molecule has 2 N–H and O–H groups in total. The summed E-state index contributed by atoms with van der Waals surface area (Å²) in [5.74, 6) is 8.38. The molecule has 10 fully saturated rings. The molecule has 2 heterocycles. The van der Waals surface area contributed by atoms with Gasteiger partial charge < -0.3 is 24.4 Å². The van der Waals surface area contributed by atoms with Gasteiger partial charge in [0, 0.05) is 35.5 Å². The molecule has 2 aliphatic heterocycles. The molecule has 5 nitrogen and oxygen atoms in total. The Morgan fingerprint density at radius 3 is 1.29 bits per heavy atom. The number of hydrogen-bond donors (Lipinski definition) is 2. The predicted molar refractivity (Wildman–Crippen MR) is 236 cm³/mol. The molecule has 2 bridgehead atoms. The number of aliphatic hydroxyl groups is 2. The van der Waals surface area contributed by atoms with Crippen LogP contribution in [0.25, 0.3) is 0 Å². The molecule has 0 unspecified atom stereocenters. The molecule has 5 heteroatoms. The van der Waals surface area contributed by atoms with Crippen molar-refractivity contribution < 1.29 is 24.4 Å². The molecule has 10 aliphatic rings. The van der Waals surface area contributed by atoms with E-state index in [1.165, 1.54) is 89.9 Å². The van der Waals surface area contributed by atoms with E-state index in [1.807, 2.05) is 0 Å². The third-order valence-electron chi connectivity index (χ3n) is 23.1. The highest BCUT2D eigenvalue weighted by Crippen LogP contribution is 2.81. The second kappa shape index (κ2) is 14.7. The Labute approximate surface area is 361 Å². The summed E-state index contributed by atoms with van der Waals surface area (Å²) in [6, 6.07) is 0. The zero-order chi connectivity index (χ0) is 41.7. The lowest BCUT2D eigenvalue weighted by Crippen LogP contribution is -2.72. The first-order valence-corrected chi connectivity index (χ1v) is 26.3. The highest BCUT2D eigenvalue weighted by molar-refractivity contribution is 5.28. The third kappa shape index (κ3) is 5.82. The minimum atomic E-state index is -0.426. The summed E-state index contributed by atoms with van der Waals surface area (Å²) in [4.78, 5) is 0. The second-order valence-corrected chi connectivity index (χ2v) is 26.2. The van der Waals surface area contributed by atoms with Crippen molar-refractivity contribution >= 4 is 0 Å². The quantitative estimate of drug-likeness (QED) is 0.230. The van der Waals surface area contributed by atoms with E-state index < -0.39 is 11.2 Å². The number of aliphatic hydroxyl groups excluding tert-OH is 2. The van der Waals surface area contributed by atoms with Gasteiger partial charge in [0.25, 0.3) is 0 Å². The first kappa shape index (κ1) is 42.7. The van der Waals surface area contributed by atoms with Gasteiger partial charge in [-0.15, -0.1) is 0 Å². The van der Waals surface area contributed by atoms with Crippen LogP contribution in [0.1, 0.15) is 198 Å². The van der Waals surface area contributed by atoms with Gasteiger partial charge in [0.2, 0.25) is 0 Å². The standard InChI is InChI=1S/C54H90O5/c1-31(2)13-11-15-33(5)37-17-19-39-43-41(23-25-49(37,39)7)51(9)27-21-35(55)29-53(51)45(43)47-57-48(59-53)46-44-40-20-18-38(34(6)16-12-14-32(3)4)50(40,8)26-24-42(44)52(10)28-22-36(56)30-54(46,52)58-47/h31-48,55-56H,11-30H2,1-10H3/t33-,34-,35+,36+,37-,38-,39+,40+,41+,42+,43+,44+,45+,46+,47+,48+,49-,50-,51-,52-,53-,54-/m1/s1. The highest BCUT2D eigenvalue weighted by Gasteiger charge is 2.83. The summed E-state index contributed by atoms with van der Waals surface area (Å²) in [6.45, 7) is 25.4. The Morgan fingerprint density at radius 1 is 0.492 bits per heavy atom. The van der Waals surface area contributed by atoms with E-state index in [4.69, 9.17) is 14.2 Å². The first-order valence-electron chi connectivity index (χ1n) is 26.3. The van der Waals surface area contributed by atoms with Crippen molar-refractivity contribution in [3.8, 4) is 0 Å². The average Bonchev–Trinajstić information content (AvgIpc) is 3.83. The van der Waals surface area contributed by atoms with Gasteiger partial charge in [-0.3, -0.25) is 0 Å². The monoisotopic (exact) mass is 819 g/mol. The van der Waals surface area contributed by atoms with Crippen LogP contribution in [-0.4, -0.2) is 46.2 Å². The average molecular weight is 819 g/mol. The minimum Gasteiger partial charge on any atom is -0.393 e. The highest BCUT2D eigenvalue weighted by atomic mass is 16.8. The molecule has 2 saturated heterocycles. The molecule has 0 aromatic rings. The topological polar surface area (TPSA) is 68.2 Å². The molecule has 2 spiro atoms.